The molecule has 0 saturated heterocycles. The molecule has 80 valence electrons. The van der Waals surface area contributed by atoms with Crippen molar-refractivity contribution >= 4 is 16.9 Å². The van der Waals surface area contributed by atoms with E-state index in [1.54, 1.807) is 0 Å². The summed E-state index contributed by atoms with van der Waals surface area (Å²) in [5, 5.41) is 4.45. The molecule has 0 spiro atoms. The Morgan fingerprint density at radius 3 is 3.00 bits per heavy atom. The summed E-state index contributed by atoms with van der Waals surface area (Å²) in [5.41, 5.74) is 0.897. The molecule has 2 N–H and O–H groups in total. The van der Waals surface area contributed by atoms with Gasteiger partial charge in [0.2, 0.25) is 0 Å². The van der Waals surface area contributed by atoms with Gasteiger partial charge in [0.1, 0.15) is 17.3 Å². The Hall–Kier alpha value is -1.58. The number of hydrogen-bond acceptors (Lipinski definition) is 3. The Labute approximate surface area is 89.1 Å². The van der Waals surface area contributed by atoms with Crippen LogP contribution in [0.15, 0.2) is 12.3 Å². The van der Waals surface area contributed by atoms with E-state index < -0.39 is 0 Å². The largest absolute Gasteiger partial charge is 0.367 e. The van der Waals surface area contributed by atoms with Crippen LogP contribution in [-0.4, -0.2) is 21.0 Å². The molecule has 0 radical (unpaired) electrons. The highest BCUT2D eigenvalue weighted by atomic mass is 15.1. The Kier molecular flexibility index (Phi) is 2.58. The van der Waals surface area contributed by atoms with E-state index in [1.807, 2.05) is 19.2 Å². The van der Waals surface area contributed by atoms with Crippen LogP contribution in [0.25, 0.3) is 11.0 Å². The number of aromatic amines is 1. The lowest BCUT2D eigenvalue weighted by Gasteiger charge is -2.12. The lowest BCUT2D eigenvalue weighted by molar-refractivity contribution is 0.759. The lowest BCUT2D eigenvalue weighted by atomic mass is 10.2. The molecule has 1 unspecified atom stereocenters. The maximum atomic E-state index is 4.42. The smallest absolute Gasteiger partial charge is 0.143 e. The molecule has 0 bridgehead atoms. The molecule has 1 atom stereocenters. The molecule has 4 nitrogen and oxygen atoms in total. The molecule has 4 heteroatoms. The van der Waals surface area contributed by atoms with E-state index in [1.165, 1.54) is 0 Å². The van der Waals surface area contributed by atoms with Crippen molar-refractivity contribution in [3.63, 3.8) is 0 Å². The molecule has 2 rings (SSSR count). The van der Waals surface area contributed by atoms with Crippen LogP contribution in [-0.2, 0) is 0 Å². The van der Waals surface area contributed by atoms with Gasteiger partial charge >= 0.3 is 0 Å². The molecular weight excluding hydrogens is 188 g/mol. The number of nitrogens with one attached hydrogen (secondary N) is 2. The molecule has 0 saturated carbocycles. The first-order valence-corrected chi connectivity index (χ1v) is 5.29. The maximum Gasteiger partial charge on any atom is 0.143 e. The van der Waals surface area contributed by atoms with Crippen molar-refractivity contribution in [1.82, 2.24) is 15.0 Å². The third-order valence-corrected chi connectivity index (χ3v) is 2.52. The number of rotatable bonds is 3. The third kappa shape index (κ3) is 1.93. The molecule has 0 amide bonds. The van der Waals surface area contributed by atoms with Crippen molar-refractivity contribution < 1.29 is 0 Å². The molecule has 0 aliphatic rings. The number of H-pyrrole nitrogens is 1. The molecule has 2 heterocycles. The van der Waals surface area contributed by atoms with Crippen molar-refractivity contribution in [3.8, 4) is 0 Å². The molecule has 0 fully saturated rings. The average Bonchev–Trinajstić information content (AvgIpc) is 2.65. The molecule has 0 aliphatic carbocycles. The average molecular weight is 204 g/mol. The minimum absolute atomic E-state index is 0.428. The summed E-state index contributed by atoms with van der Waals surface area (Å²) in [5.74, 6) is 1.71. The normalized spacial score (nSPS) is 13.0. The maximum absolute atomic E-state index is 4.42. The molecule has 0 aliphatic heterocycles. The second kappa shape index (κ2) is 3.88. The summed E-state index contributed by atoms with van der Waals surface area (Å²) in [6, 6.07) is 2.43. The number of anilines is 1. The Morgan fingerprint density at radius 2 is 2.27 bits per heavy atom. The molecular formula is C11H16N4. The first-order valence-electron chi connectivity index (χ1n) is 5.29. The molecule has 15 heavy (non-hydrogen) atoms. The minimum Gasteiger partial charge on any atom is -0.367 e. The summed E-state index contributed by atoms with van der Waals surface area (Å²) in [6.07, 6.45) is 2.97. The van der Waals surface area contributed by atoms with E-state index in [9.17, 15) is 0 Å². The highest BCUT2D eigenvalue weighted by molar-refractivity contribution is 5.87. The van der Waals surface area contributed by atoms with Crippen LogP contribution >= 0.6 is 0 Å². The van der Waals surface area contributed by atoms with E-state index in [4.69, 9.17) is 0 Å². The monoisotopic (exact) mass is 204 g/mol. The van der Waals surface area contributed by atoms with Crippen LogP contribution in [0.5, 0.6) is 0 Å². The van der Waals surface area contributed by atoms with Crippen molar-refractivity contribution in [2.75, 3.05) is 5.32 Å². The molecule has 2 aromatic rings. The number of aromatic nitrogens is 3. The van der Waals surface area contributed by atoms with Gasteiger partial charge in [-0.05, 0) is 26.3 Å². The van der Waals surface area contributed by atoms with Gasteiger partial charge in [0, 0.05) is 12.2 Å². The quantitative estimate of drug-likeness (QED) is 0.807. The highest BCUT2D eigenvalue weighted by Gasteiger charge is 2.07. The standard InChI is InChI=1S/C11H16N4/c1-4-7(2)13-11-9-5-6-12-10(9)14-8(3)15-11/h5-7H,4H2,1-3H3,(H2,12,13,14,15). The fraction of sp³-hybridized carbons (Fsp3) is 0.455. The minimum atomic E-state index is 0.428. The predicted molar refractivity (Wildman–Crippen MR) is 62.0 cm³/mol. The van der Waals surface area contributed by atoms with Gasteiger partial charge in [-0.25, -0.2) is 9.97 Å². The predicted octanol–water partition coefficient (Wildman–Crippen LogP) is 2.48. The zero-order valence-corrected chi connectivity index (χ0v) is 9.33. The number of aryl methyl sites for hydroxylation is 1. The number of hydrogen-bond donors (Lipinski definition) is 2. The Morgan fingerprint density at radius 1 is 1.47 bits per heavy atom. The third-order valence-electron chi connectivity index (χ3n) is 2.52. The van der Waals surface area contributed by atoms with Crippen LogP contribution in [0.1, 0.15) is 26.1 Å². The van der Waals surface area contributed by atoms with Gasteiger partial charge in [-0.15, -0.1) is 0 Å². The van der Waals surface area contributed by atoms with Gasteiger partial charge < -0.3 is 10.3 Å². The second-order valence-corrected chi connectivity index (χ2v) is 3.81. The van der Waals surface area contributed by atoms with Gasteiger partial charge in [-0.2, -0.15) is 0 Å². The summed E-state index contributed by atoms with van der Waals surface area (Å²) in [7, 11) is 0. The van der Waals surface area contributed by atoms with E-state index in [0.29, 0.717) is 6.04 Å². The zero-order valence-electron chi connectivity index (χ0n) is 9.33. The van der Waals surface area contributed by atoms with Crippen LogP contribution in [0.3, 0.4) is 0 Å². The number of fused-ring (bicyclic) bond motifs is 1. The van der Waals surface area contributed by atoms with Gasteiger partial charge in [0.15, 0.2) is 0 Å². The number of nitrogens with zero attached hydrogens (tertiary/aromatic N) is 2. The van der Waals surface area contributed by atoms with Gasteiger partial charge in [0.25, 0.3) is 0 Å². The molecule has 0 aromatic carbocycles. The van der Waals surface area contributed by atoms with E-state index in [0.717, 1.165) is 29.1 Å². The van der Waals surface area contributed by atoms with Crippen LogP contribution in [0.2, 0.25) is 0 Å². The van der Waals surface area contributed by atoms with Crippen molar-refractivity contribution in [3.05, 3.63) is 18.1 Å². The van der Waals surface area contributed by atoms with Crippen molar-refractivity contribution in [1.29, 1.82) is 0 Å². The SMILES string of the molecule is CCC(C)Nc1nc(C)nc2[nH]ccc12. The van der Waals surface area contributed by atoms with E-state index in [2.05, 4.69) is 34.1 Å². The topological polar surface area (TPSA) is 53.6 Å². The summed E-state index contributed by atoms with van der Waals surface area (Å²) in [6.45, 7) is 6.21. The Balaban J connectivity index is 2.44. The van der Waals surface area contributed by atoms with E-state index >= 15 is 0 Å². The van der Waals surface area contributed by atoms with E-state index in [-0.39, 0.29) is 0 Å². The van der Waals surface area contributed by atoms with Crippen molar-refractivity contribution in [2.45, 2.75) is 33.2 Å². The van der Waals surface area contributed by atoms with Crippen LogP contribution < -0.4 is 5.32 Å². The first-order chi connectivity index (χ1) is 7.20. The fourth-order valence-electron chi connectivity index (χ4n) is 1.50. The highest BCUT2D eigenvalue weighted by Crippen LogP contribution is 2.19. The molecule has 2 aromatic heterocycles. The Bertz CT molecular complexity index is 461. The van der Waals surface area contributed by atoms with Crippen molar-refractivity contribution in [2.24, 2.45) is 0 Å². The first kappa shape index (κ1) is 9.96. The van der Waals surface area contributed by atoms with Gasteiger partial charge in [-0.1, -0.05) is 6.92 Å². The second-order valence-electron chi connectivity index (χ2n) is 3.81. The zero-order chi connectivity index (χ0) is 10.8. The lowest BCUT2D eigenvalue weighted by Crippen LogP contribution is -2.15. The van der Waals surface area contributed by atoms with Gasteiger partial charge in [0.05, 0.1) is 5.39 Å². The van der Waals surface area contributed by atoms with Gasteiger partial charge in [-0.3, -0.25) is 0 Å². The summed E-state index contributed by atoms with van der Waals surface area (Å²) >= 11 is 0. The van der Waals surface area contributed by atoms with Crippen LogP contribution in [0, 0.1) is 6.92 Å². The van der Waals surface area contributed by atoms with Crippen LogP contribution in [0.4, 0.5) is 5.82 Å². The summed E-state index contributed by atoms with van der Waals surface area (Å²) < 4.78 is 0. The fourth-order valence-corrected chi connectivity index (χ4v) is 1.50. The summed E-state index contributed by atoms with van der Waals surface area (Å²) in [4.78, 5) is 11.8.